The van der Waals surface area contributed by atoms with Gasteiger partial charge in [-0.2, -0.15) is 0 Å². The number of rotatable bonds is 3. The molecule has 0 saturated carbocycles. The van der Waals surface area contributed by atoms with Gasteiger partial charge in [-0.05, 0) is 24.3 Å². The first-order chi connectivity index (χ1) is 10.1. The van der Waals surface area contributed by atoms with Crippen LogP contribution in [0, 0.1) is 0 Å². The normalized spacial score (nSPS) is 11.0. The van der Waals surface area contributed by atoms with Crippen LogP contribution in [0.15, 0.2) is 53.5 Å². The van der Waals surface area contributed by atoms with Crippen molar-refractivity contribution >= 4 is 17.6 Å². The van der Waals surface area contributed by atoms with Crippen LogP contribution in [0.25, 0.3) is 0 Å². The number of phenols is 1. The largest absolute Gasteiger partial charge is 0.504 e. The van der Waals surface area contributed by atoms with Crippen molar-refractivity contribution in [2.24, 2.45) is 10.7 Å². The molecule has 0 spiro atoms. The highest BCUT2D eigenvalue weighted by Gasteiger charge is 2.06. The molecule has 0 radical (unpaired) electrons. The molecule has 0 atom stereocenters. The number of hydrogen-bond acceptors (Lipinski definition) is 4. The molecule has 0 saturated heterocycles. The summed E-state index contributed by atoms with van der Waals surface area (Å²) in [6, 6.07) is 13.2. The second kappa shape index (κ2) is 6.42. The maximum Gasteiger partial charge on any atom is 0.257 e. The minimum absolute atomic E-state index is 0.0547. The summed E-state index contributed by atoms with van der Waals surface area (Å²) in [5.74, 6) is -0.134. The van der Waals surface area contributed by atoms with E-state index in [0.29, 0.717) is 17.0 Å². The number of hydrogen-bond donors (Lipinski definition) is 3. The van der Waals surface area contributed by atoms with Crippen LogP contribution in [-0.4, -0.2) is 24.1 Å². The Bertz CT molecular complexity index is 669. The molecule has 0 aliphatic carbocycles. The number of amides is 1. The van der Waals surface area contributed by atoms with Crippen molar-refractivity contribution in [3.05, 3.63) is 54.1 Å². The number of methoxy groups -OCH3 is 1. The van der Waals surface area contributed by atoms with Crippen molar-refractivity contribution < 1.29 is 14.6 Å². The van der Waals surface area contributed by atoms with Crippen LogP contribution in [0.5, 0.6) is 11.5 Å². The summed E-state index contributed by atoms with van der Waals surface area (Å²) in [4.78, 5) is 15.9. The third-order valence-corrected chi connectivity index (χ3v) is 2.69. The summed E-state index contributed by atoms with van der Waals surface area (Å²) in [6.07, 6.45) is 0. The molecule has 108 valence electrons. The van der Waals surface area contributed by atoms with Gasteiger partial charge in [0.1, 0.15) is 0 Å². The van der Waals surface area contributed by atoms with Crippen LogP contribution in [-0.2, 0) is 0 Å². The third kappa shape index (κ3) is 3.73. The van der Waals surface area contributed by atoms with Crippen LogP contribution in [0.3, 0.4) is 0 Å². The monoisotopic (exact) mass is 285 g/mol. The number of guanidine groups is 1. The summed E-state index contributed by atoms with van der Waals surface area (Å²) >= 11 is 0. The van der Waals surface area contributed by atoms with E-state index in [1.54, 1.807) is 36.4 Å². The lowest BCUT2D eigenvalue weighted by atomic mass is 10.2. The molecule has 2 aromatic rings. The number of phenolic OH excluding ortho intramolecular Hbond substituents is 1. The molecule has 4 N–H and O–H groups in total. The van der Waals surface area contributed by atoms with Gasteiger partial charge in [0.25, 0.3) is 5.91 Å². The van der Waals surface area contributed by atoms with Crippen LogP contribution in [0.1, 0.15) is 10.4 Å². The maximum absolute atomic E-state index is 11.9. The second-order valence-corrected chi connectivity index (χ2v) is 4.17. The topological polar surface area (TPSA) is 96.9 Å². The zero-order chi connectivity index (χ0) is 15.2. The van der Waals surface area contributed by atoms with E-state index < -0.39 is 0 Å². The van der Waals surface area contributed by atoms with Gasteiger partial charge in [-0.1, -0.05) is 18.2 Å². The molecular formula is C15H15N3O3. The molecule has 0 aliphatic rings. The van der Waals surface area contributed by atoms with Gasteiger partial charge in [0.05, 0.1) is 12.8 Å². The lowest BCUT2D eigenvalue weighted by Gasteiger charge is -2.06. The molecule has 6 heteroatoms. The number of nitrogens with one attached hydrogen (secondary N) is 1. The Labute approximate surface area is 121 Å². The average Bonchev–Trinajstić information content (AvgIpc) is 2.48. The van der Waals surface area contributed by atoms with Gasteiger partial charge in [-0.3, -0.25) is 10.1 Å². The van der Waals surface area contributed by atoms with E-state index in [1.807, 2.05) is 6.07 Å². The lowest BCUT2D eigenvalue weighted by Crippen LogP contribution is -2.36. The van der Waals surface area contributed by atoms with Gasteiger partial charge in [0, 0.05) is 11.6 Å². The molecule has 6 nitrogen and oxygen atoms in total. The minimum atomic E-state index is -0.352. The molecule has 2 aromatic carbocycles. The van der Waals surface area contributed by atoms with Crippen LogP contribution in [0.2, 0.25) is 0 Å². The van der Waals surface area contributed by atoms with Gasteiger partial charge in [-0.25, -0.2) is 4.99 Å². The van der Waals surface area contributed by atoms with Crippen molar-refractivity contribution in [2.75, 3.05) is 7.11 Å². The Morgan fingerprint density at radius 1 is 1.24 bits per heavy atom. The number of nitrogens with zero attached hydrogens (tertiary/aromatic N) is 1. The van der Waals surface area contributed by atoms with E-state index in [-0.39, 0.29) is 17.6 Å². The quantitative estimate of drug-likeness (QED) is 0.591. The Morgan fingerprint density at radius 3 is 2.57 bits per heavy atom. The molecule has 1 amide bonds. The number of nitrogens with two attached hydrogens (primary N) is 1. The lowest BCUT2D eigenvalue weighted by molar-refractivity contribution is 0.0976. The van der Waals surface area contributed by atoms with Crippen molar-refractivity contribution in [1.29, 1.82) is 0 Å². The third-order valence-electron chi connectivity index (χ3n) is 2.69. The van der Waals surface area contributed by atoms with Crippen molar-refractivity contribution in [3.63, 3.8) is 0 Å². The van der Waals surface area contributed by atoms with E-state index in [1.165, 1.54) is 13.2 Å². The number of ether oxygens (including phenoxy) is 1. The van der Waals surface area contributed by atoms with E-state index in [0.717, 1.165) is 0 Å². The SMILES string of the molecule is COc1ccc(N=C(N)NC(=O)c2ccccc2)cc1O. The first-order valence-electron chi connectivity index (χ1n) is 6.17. The van der Waals surface area contributed by atoms with Crippen molar-refractivity contribution in [1.82, 2.24) is 5.32 Å². The van der Waals surface area contributed by atoms with Crippen molar-refractivity contribution in [3.8, 4) is 11.5 Å². The summed E-state index contributed by atoms with van der Waals surface area (Å²) < 4.78 is 4.93. The Morgan fingerprint density at radius 2 is 1.95 bits per heavy atom. The molecule has 0 heterocycles. The van der Waals surface area contributed by atoms with Gasteiger partial charge >= 0.3 is 0 Å². The van der Waals surface area contributed by atoms with Crippen LogP contribution in [0.4, 0.5) is 5.69 Å². The summed E-state index contributed by atoms with van der Waals surface area (Å²) in [6.45, 7) is 0. The first-order valence-corrected chi connectivity index (χ1v) is 6.17. The first kappa shape index (κ1) is 14.4. The number of carbonyl (C=O) groups is 1. The number of aliphatic imine (C=N–C) groups is 1. The summed E-state index contributed by atoms with van der Waals surface area (Å²) in [7, 11) is 1.45. The fraction of sp³-hybridized carbons (Fsp3) is 0.0667. The number of carbonyl (C=O) groups excluding carboxylic acids is 1. The fourth-order valence-corrected chi connectivity index (χ4v) is 1.69. The van der Waals surface area contributed by atoms with Crippen molar-refractivity contribution in [2.45, 2.75) is 0 Å². The zero-order valence-electron chi connectivity index (χ0n) is 11.4. The Hall–Kier alpha value is -3.02. The standard InChI is InChI=1S/C15H15N3O3/c1-21-13-8-7-11(9-12(13)19)17-15(16)18-14(20)10-5-3-2-4-6-10/h2-9,19H,1H3,(H3,16,17,18,20). The molecule has 0 bridgehead atoms. The molecule has 0 aromatic heterocycles. The second-order valence-electron chi connectivity index (χ2n) is 4.17. The average molecular weight is 285 g/mol. The molecule has 0 fully saturated rings. The number of aromatic hydroxyl groups is 1. The molecule has 21 heavy (non-hydrogen) atoms. The Kier molecular flexibility index (Phi) is 4.40. The zero-order valence-corrected chi connectivity index (χ0v) is 11.4. The highest BCUT2D eigenvalue weighted by molar-refractivity contribution is 6.05. The van der Waals surface area contributed by atoms with Gasteiger partial charge < -0.3 is 15.6 Å². The van der Waals surface area contributed by atoms with Crippen LogP contribution < -0.4 is 15.8 Å². The number of benzene rings is 2. The molecule has 0 unspecified atom stereocenters. The van der Waals surface area contributed by atoms with Gasteiger partial charge in [0.2, 0.25) is 5.96 Å². The predicted molar refractivity (Wildman–Crippen MR) is 79.8 cm³/mol. The highest BCUT2D eigenvalue weighted by Crippen LogP contribution is 2.29. The molecule has 0 aliphatic heterocycles. The van der Waals surface area contributed by atoms with Crippen LogP contribution >= 0.6 is 0 Å². The summed E-state index contributed by atoms with van der Waals surface area (Å²) in [5.41, 5.74) is 6.55. The van der Waals surface area contributed by atoms with E-state index >= 15 is 0 Å². The van der Waals surface area contributed by atoms with Gasteiger partial charge in [-0.15, -0.1) is 0 Å². The maximum atomic E-state index is 11.9. The van der Waals surface area contributed by atoms with E-state index in [9.17, 15) is 9.90 Å². The molecular weight excluding hydrogens is 270 g/mol. The van der Waals surface area contributed by atoms with Gasteiger partial charge in [0.15, 0.2) is 11.5 Å². The summed E-state index contributed by atoms with van der Waals surface area (Å²) in [5, 5.41) is 12.1. The Balaban J connectivity index is 2.11. The predicted octanol–water partition coefficient (Wildman–Crippen LogP) is 1.78. The molecule has 2 rings (SSSR count). The fourth-order valence-electron chi connectivity index (χ4n) is 1.69. The van der Waals surface area contributed by atoms with E-state index in [4.69, 9.17) is 10.5 Å². The smallest absolute Gasteiger partial charge is 0.257 e. The highest BCUT2D eigenvalue weighted by atomic mass is 16.5. The van der Waals surface area contributed by atoms with E-state index in [2.05, 4.69) is 10.3 Å². The minimum Gasteiger partial charge on any atom is -0.504 e.